The molecule has 0 bridgehead atoms. The average molecular weight is 723 g/mol. The zero-order valence-corrected chi connectivity index (χ0v) is 31.9. The summed E-state index contributed by atoms with van der Waals surface area (Å²) in [5.41, 5.74) is 13.1. The van der Waals surface area contributed by atoms with E-state index in [-0.39, 0.29) is 0 Å². The maximum Gasteiger partial charge on any atom is 0.0832 e. The van der Waals surface area contributed by atoms with E-state index in [0.29, 0.717) is 60.2 Å². The van der Waals surface area contributed by atoms with Crippen molar-refractivity contribution < 1.29 is 19.4 Å². The molecular weight excluding hydrogens is 653 g/mol. The van der Waals surface area contributed by atoms with Crippen molar-refractivity contribution in [1.29, 1.82) is 0 Å². The molecule has 6 heterocycles. The highest BCUT2D eigenvalue weighted by Gasteiger charge is 2.64. The molecule has 0 spiro atoms. The summed E-state index contributed by atoms with van der Waals surface area (Å²) in [4.78, 5) is 31.7. The Morgan fingerprint density at radius 2 is 0.808 bits per heavy atom. The Bertz CT molecular complexity index is 1170. The van der Waals surface area contributed by atoms with Gasteiger partial charge in [0.1, 0.15) is 0 Å². The molecule has 52 heavy (non-hydrogen) atoms. The molecule has 292 valence electrons. The second-order valence-electron chi connectivity index (χ2n) is 19.9. The average Bonchev–Trinajstić information content (AvgIpc) is 4.04. The first-order chi connectivity index (χ1) is 25.8. The smallest absolute Gasteiger partial charge is 0.0832 e. The van der Waals surface area contributed by atoms with Crippen LogP contribution in [-0.4, -0.2) is 96.6 Å². The van der Waals surface area contributed by atoms with Crippen molar-refractivity contribution in [1.82, 2.24) is 31.7 Å². The first-order valence-corrected chi connectivity index (χ1v) is 22.9. The van der Waals surface area contributed by atoms with Crippen LogP contribution in [0.3, 0.4) is 0 Å². The third kappa shape index (κ3) is 6.10. The van der Waals surface area contributed by atoms with Gasteiger partial charge in [-0.15, -0.1) is 0 Å². The second-order valence-corrected chi connectivity index (χ2v) is 19.9. The Labute approximate surface area is 313 Å². The van der Waals surface area contributed by atoms with Crippen molar-refractivity contribution in [2.45, 2.75) is 189 Å². The van der Waals surface area contributed by atoms with Crippen LogP contribution in [0.25, 0.3) is 0 Å². The molecule has 10 heteroatoms. The van der Waals surface area contributed by atoms with Gasteiger partial charge in [0.2, 0.25) is 0 Å². The SMILES string of the molecule is C1CCC2C(C1)C1C(CCC3C4CCCCC4N(C4CC(C5CCNO5)CC(C5CCNO5)C4)C31)N2C1CC(C2CCNO2)CC(C2CCNO2)C1. The molecule has 11 rings (SSSR count). The van der Waals surface area contributed by atoms with E-state index in [2.05, 4.69) is 31.7 Å². The first kappa shape index (κ1) is 34.8. The molecule has 0 radical (unpaired) electrons. The summed E-state index contributed by atoms with van der Waals surface area (Å²) in [5.74, 6) is 6.11. The fourth-order valence-electron chi connectivity index (χ4n) is 16.0. The predicted octanol–water partition coefficient (Wildman–Crippen LogP) is 5.24. The number of hydrogen-bond acceptors (Lipinski definition) is 10. The van der Waals surface area contributed by atoms with Gasteiger partial charge in [-0.25, -0.2) is 21.9 Å². The lowest BCUT2D eigenvalue weighted by Gasteiger charge is -2.51. The number of nitrogens with zero attached hydrogens (tertiary/aromatic N) is 2. The van der Waals surface area contributed by atoms with E-state index >= 15 is 0 Å². The summed E-state index contributed by atoms with van der Waals surface area (Å²) in [5, 5.41) is 0. The van der Waals surface area contributed by atoms with E-state index in [4.69, 9.17) is 19.4 Å². The Kier molecular flexibility index (Phi) is 9.93. The molecule has 11 fully saturated rings. The minimum absolute atomic E-state index is 0.370. The predicted molar refractivity (Wildman–Crippen MR) is 198 cm³/mol. The molecule has 0 aromatic heterocycles. The Morgan fingerprint density at radius 3 is 1.29 bits per heavy atom. The molecule has 11 aliphatic rings. The van der Waals surface area contributed by atoms with E-state index in [1.165, 1.54) is 128 Å². The summed E-state index contributed by atoms with van der Waals surface area (Å²) >= 11 is 0. The molecule has 0 amide bonds. The largest absolute Gasteiger partial charge is 0.298 e. The summed E-state index contributed by atoms with van der Waals surface area (Å²) in [6.07, 6.45) is 28.6. The lowest BCUT2D eigenvalue weighted by atomic mass is 9.64. The minimum Gasteiger partial charge on any atom is -0.298 e. The summed E-state index contributed by atoms with van der Waals surface area (Å²) in [6.45, 7) is 4.03. The van der Waals surface area contributed by atoms with E-state index in [9.17, 15) is 0 Å². The van der Waals surface area contributed by atoms with E-state index in [1.807, 2.05) is 0 Å². The van der Waals surface area contributed by atoms with Crippen molar-refractivity contribution in [2.24, 2.45) is 47.3 Å². The van der Waals surface area contributed by atoms with E-state index < -0.39 is 0 Å². The topological polar surface area (TPSA) is 91.5 Å². The van der Waals surface area contributed by atoms with E-state index in [0.717, 1.165) is 74.0 Å². The third-order valence-electron chi connectivity index (χ3n) is 17.7. The molecule has 16 atom stereocenters. The van der Waals surface area contributed by atoms with E-state index in [1.54, 1.807) is 0 Å². The molecule has 6 saturated heterocycles. The van der Waals surface area contributed by atoms with Gasteiger partial charge < -0.3 is 0 Å². The number of likely N-dealkylation sites (tertiary alicyclic amines) is 2. The molecule has 5 aliphatic carbocycles. The van der Waals surface area contributed by atoms with Gasteiger partial charge >= 0.3 is 0 Å². The molecule has 0 aromatic carbocycles. The van der Waals surface area contributed by atoms with Crippen LogP contribution in [0, 0.1) is 47.3 Å². The number of rotatable bonds is 6. The zero-order valence-electron chi connectivity index (χ0n) is 31.9. The molecule has 5 saturated carbocycles. The van der Waals surface area contributed by atoms with Crippen molar-refractivity contribution in [3.63, 3.8) is 0 Å². The van der Waals surface area contributed by atoms with Gasteiger partial charge in [-0.1, -0.05) is 25.7 Å². The second kappa shape index (κ2) is 14.8. The van der Waals surface area contributed by atoms with Gasteiger partial charge in [0.15, 0.2) is 0 Å². The highest BCUT2D eigenvalue weighted by Crippen LogP contribution is 2.61. The maximum absolute atomic E-state index is 6.28. The van der Waals surface area contributed by atoms with Gasteiger partial charge in [0, 0.05) is 62.4 Å². The Morgan fingerprint density at radius 1 is 0.365 bits per heavy atom. The lowest BCUT2D eigenvalue weighted by Crippen LogP contribution is -2.57. The number of nitrogens with one attached hydrogen (secondary N) is 4. The van der Waals surface area contributed by atoms with Gasteiger partial charge in [0.05, 0.1) is 24.4 Å². The fourth-order valence-corrected chi connectivity index (χ4v) is 16.0. The minimum atomic E-state index is 0.370. The highest BCUT2D eigenvalue weighted by atomic mass is 16.7. The summed E-state index contributed by atoms with van der Waals surface area (Å²) < 4.78 is 0. The van der Waals surface area contributed by atoms with Crippen LogP contribution >= 0.6 is 0 Å². The van der Waals surface area contributed by atoms with Gasteiger partial charge in [-0.3, -0.25) is 29.2 Å². The molecule has 6 aliphatic heterocycles. The van der Waals surface area contributed by atoms with Gasteiger partial charge in [0.25, 0.3) is 0 Å². The zero-order chi connectivity index (χ0) is 34.2. The molecule has 0 aromatic rings. The van der Waals surface area contributed by atoms with Crippen LogP contribution in [0.1, 0.15) is 128 Å². The maximum atomic E-state index is 6.28. The Hall–Kier alpha value is -0.400. The normalized spacial score (nSPS) is 54.2. The standard InChI is InChI=1S/C42H70N6O4/c1-3-7-34-31(5-1)32-9-10-36-41(42(32)48(34)30-23-27(39-13-17-45-51-39)20-28(24-30)40-14-18-46-52-40)33-6-2-4-8-35(33)47(36)29-21-25(37-11-15-43-49-37)19-26(22-29)38-12-16-44-50-38/h25-46H,1-24H2. The van der Waals surface area contributed by atoms with Crippen molar-refractivity contribution in [3.05, 3.63) is 0 Å². The first-order valence-electron chi connectivity index (χ1n) is 22.9. The molecular formula is C42H70N6O4. The van der Waals surface area contributed by atoms with Crippen LogP contribution < -0.4 is 21.9 Å². The van der Waals surface area contributed by atoms with Gasteiger partial charge in [-0.05, 0) is 150 Å². The summed E-state index contributed by atoms with van der Waals surface area (Å²) in [7, 11) is 0. The summed E-state index contributed by atoms with van der Waals surface area (Å²) in [6, 6.07) is 4.47. The number of hydrogen-bond donors (Lipinski definition) is 4. The highest BCUT2D eigenvalue weighted by molar-refractivity contribution is 5.17. The Balaban J connectivity index is 0.932. The quantitative estimate of drug-likeness (QED) is 0.292. The molecule has 4 N–H and O–H groups in total. The van der Waals surface area contributed by atoms with Crippen molar-refractivity contribution >= 4 is 0 Å². The molecule has 10 nitrogen and oxygen atoms in total. The number of hydroxylamine groups is 4. The molecule has 16 unspecified atom stereocenters. The van der Waals surface area contributed by atoms with Crippen LogP contribution in [0.4, 0.5) is 0 Å². The van der Waals surface area contributed by atoms with Crippen LogP contribution in [0.5, 0.6) is 0 Å². The van der Waals surface area contributed by atoms with Gasteiger partial charge in [-0.2, -0.15) is 0 Å². The third-order valence-corrected chi connectivity index (χ3v) is 17.7. The van der Waals surface area contributed by atoms with Crippen LogP contribution in [0.2, 0.25) is 0 Å². The lowest BCUT2D eigenvalue weighted by molar-refractivity contribution is -0.0827. The number of fused-ring (bicyclic) bond motifs is 7. The van der Waals surface area contributed by atoms with Crippen molar-refractivity contribution in [3.8, 4) is 0 Å². The van der Waals surface area contributed by atoms with Crippen LogP contribution in [-0.2, 0) is 19.4 Å². The fraction of sp³-hybridized carbons (Fsp3) is 1.00. The monoisotopic (exact) mass is 723 g/mol. The van der Waals surface area contributed by atoms with Crippen LogP contribution in [0.15, 0.2) is 0 Å². The van der Waals surface area contributed by atoms with Crippen molar-refractivity contribution in [2.75, 3.05) is 26.2 Å².